The van der Waals surface area contributed by atoms with E-state index in [1.165, 1.54) is 24.0 Å². The number of nitrogens with zero attached hydrogens (tertiary/aromatic N) is 1. The van der Waals surface area contributed by atoms with E-state index in [0.717, 1.165) is 31.6 Å². The zero-order valence-electron chi connectivity index (χ0n) is 10.6. The molecule has 1 aromatic rings. The number of rotatable bonds is 6. The predicted octanol–water partition coefficient (Wildman–Crippen LogP) is 2.42. The largest absolute Gasteiger partial charge is 0.478 e. The van der Waals surface area contributed by atoms with Crippen LogP contribution < -0.4 is 0 Å². The predicted molar refractivity (Wildman–Crippen MR) is 71.5 cm³/mol. The molecule has 104 valence electrons. The van der Waals surface area contributed by atoms with Crippen LogP contribution in [-0.2, 0) is 9.47 Å². The Bertz CT molecular complexity index is 421. The van der Waals surface area contributed by atoms with Gasteiger partial charge in [-0.15, -0.1) is 11.8 Å². The molecule has 1 saturated heterocycles. The second-order valence-electron chi connectivity index (χ2n) is 4.20. The van der Waals surface area contributed by atoms with Gasteiger partial charge in [0.1, 0.15) is 0 Å². The van der Waals surface area contributed by atoms with Crippen LogP contribution in [0.4, 0.5) is 0 Å². The third kappa shape index (κ3) is 4.81. The van der Waals surface area contributed by atoms with Crippen LogP contribution in [0.1, 0.15) is 29.6 Å². The number of carbonyl (C=O) groups is 1. The first-order chi connectivity index (χ1) is 9.25. The second kappa shape index (κ2) is 7.47. The number of hydrogen-bond acceptors (Lipinski definition) is 5. The summed E-state index contributed by atoms with van der Waals surface area (Å²) in [5, 5.41) is 9.57. The molecule has 2 heterocycles. The Morgan fingerprint density at radius 2 is 2.47 bits per heavy atom. The summed E-state index contributed by atoms with van der Waals surface area (Å²) in [6.07, 6.45) is 4.65. The smallest absolute Gasteiger partial charge is 0.335 e. The lowest BCUT2D eigenvalue weighted by atomic mass is 10.2. The Morgan fingerprint density at radius 3 is 3.21 bits per heavy atom. The van der Waals surface area contributed by atoms with Crippen molar-refractivity contribution in [1.82, 2.24) is 4.98 Å². The van der Waals surface area contributed by atoms with Crippen LogP contribution in [-0.4, -0.2) is 41.3 Å². The van der Waals surface area contributed by atoms with Crippen LogP contribution in [0.5, 0.6) is 0 Å². The molecule has 0 spiro atoms. The molecule has 19 heavy (non-hydrogen) atoms. The first kappa shape index (κ1) is 14.3. The van der Waals surface area contributed by atoms with Crippen molar-refractivity contribution in [3.8, 4) is 0 Å². The SMILES string of the molecule is O=C(O)c1ccnc(SCCOC2CCCCO2)c1. The van der Waals surface area contributed by atoms with Crippen molar-refractivity contribution in [3.63, 3.8) is 0 Å². The van der Waals surface area contributed by atoms with Crippen molar-refractivity contribution < 1.29 is 19.4 Å². The first-order valence-corrected chi connectivity index (χ1v) is 7.29. The van der Waals surface area contributed by atoms with Gasteiger partial charge in [-0.25, -0.2) is 9.78 Å². The maximum absolute atomic E-state index is 10.8. The van der Waals surface area contributed by atoms with Crippen molar-refractivity contribution in [1.29, 1.82) is 0 Å². The highest BCUT2D eigenvalue weighted by Crippen LogP contribution is 2.18. The van der Waals surface area contributed by atoms with Gasteiger partial charge in [0.2, 0.25) is 0 Å². The van der Waals surface area contributed by atoms with Gasteiger partial charge in [-0.3, -0.25) is 0 Å². The molecule has 1 aliphatic heterocycles. The van der Waals surface area contributed by atoms with E-state index >= 15 is 0 Å². The number of ether oxygens (including phenoxy) is 2. The van der Waals surface area contributed by atoms with Crippen LogP contribution in [0.15, 0.2) is 23.4 Å². The third-order valence-electron chi connectivity index (χ3n) is 2.76. The van der Waals surface area contributed by atoms with Gasteiger partial charge < -0.3 is 14.6 Å². The molecule has 0 aromatic carbocycles. The summed E-state index contributed by atoms with van der Waals surface area (Å²) in [7, 11) is 0. The zero-order valence-corrected chi connectivity index (χ0v) is 11.4. The van der Waals surface area contributed by atoms with E-state index in [-0.39, 0.29) is 11.9 Å². The van der Waals surface area contributed by atoms with Crippen molar-refractivity contribution in [2.24, 2.45) is 0 Å². The highest BCUT2D eigenvalue weighted by Gasteiger charge is 2.13. The van der Waals surface area contributed by atoms with Crippen LogP contribution >= 0.6 is 11.8 Å². The van der Waals surface area contributed by atoms with E-state index < -0.39 is 5.97 Å². The first-order valence-electron chi connectivity index (χ1n) is 6.31. The summed E-state index contributed by atoms with van der Waals surface area (Å²) in [4.78, 5) is 14.9. The van der Waals surface area contributed by atoms with Gasteiger partial charge in [0.25, 0.3) is 0 Å². The molecule has 1 unspecified atom stereocenters. The molecule has 1 atom stereocenters. The minimum Gasteiger partial charge on any atom is -0.478 e. The maximum Gasteiger partial charge on any atom is 0.335 e. The van der Waals surface area contributed by atoms with Gasteiger partial charge in [0, 0.05) is 18.6 Å². The van der Waals surface area contributed by atoms with Crippen molar-refractivity contribution >= 4 is 17.7 Å². The average molecular weight is 283 g/mol. The average Bonchev–Trinajstić information content (AvgIpc) is 2.45. The van der Waals surface area contributed by atoms with E-state index in [0.29, 0.717) is 11.6 Å². The van der Waals surface area contributed by atoms with Gasteiger partial charge in [0.15, 0.2) is 6.29 Å². The Labute approximate surface area is 116 Å². The molecule has 0 saturated carbocycles. The number of carboxylic acids is 1. The van der Waals surface area contributed by atoms with Crippen molar-refractivity contribution in [3.05, 3.63) is 23.9 Å². The van der Waals surface area contributed by atoms with Gasteiger partial charge in [-0.2, -0.15) is 0 Å². The summed E-state index contributed by atoms with van der Waals surface area (Å²) in [5.41, 5.74) is 0.258. The fraction of sp³-hybridized carbons (Fsp3) is 0.538. The number of aromatic carboxylic acids is 1. The second-order valence-corrected chi connectivity index (χ2v) is 5.32. The van der Waals surface area contributed by atoms with Gasteiger partial charge in [-0.1, -0.05) is 0 Å². The van der Waals surface area contributed by atoms with E-state index in [4.69, 9.17) is 14.6 Å². The molecule has 1 N–H and O–H groups in total. The van der Waals surface area contributed by atoms with E-state index in [1.54, 1.807) is 6.07 Å². The van der Waals surface area contributed by atoms with E-state index in [2.05, 4.69) is 4.98 Å². The molecule has 0 radical (unpaired) electrons. The number of aromatic nitrogens is 1. The lowest BCUT2D eigenvalue weighted by Crippen LogP contribution is -2.23. The monoisotopic (exact) mass is 283 g/mol. The summed E-state index contributed by atoms with van der Waals surface area (Å²) < 4.78 is 11.1. The molecule has 1 fully saturated rings. The van der Waals surface area contributed by atoms with Crippen LogP contribution in [0.2, 0.25) is 0 Å². The molecule has 0 amide bonds. The van der Waals surface area contributed by atoms with Gasteiger partial charge >= 0.3 is 5.97 Å². The van der Waals surface area contributed by atoms with Crippen LogP contribution in [0, 0.1) is 0 Å². The molecule has 2 rings (SSSR count). The summed E-state index contributed by atoms with van der Waals surface area (Å²) in [5.74, 6) is -0.202. The third-order valence-corrected chi connectivity index (χ3v) is 3.65. The lowest BCUT2D eigenvalue weighted by Gasteiger charge is -2.22. The molecule has 1 aliphatic rings. The molecule has 6 heteroatoms. The molecular formula is C13H17NO4S. The van der Waals surface area contributed by atoms with Crippen molar-refractivity contribution in [2.75, 3.05) is 19.0 Å². The molecular weight excluding hydrogens is 266 g/mol. The minimum atomic E-state index is -0.934. The molecule has 5 nitrogen and oxygen atoms in total. The Hall–Kier alpha value is -1.11. The zero-order chi connectivity index (χ0) is 13.5. The highest BCUT2D eigenvalue weighted by atomic mass is 32.2. The minimum absolute atomic E-state index is 0.0762. The normalized spacial score (nSPS) is 19.3. The molecule has 0 aliphatic carbocycles. The number of thioether (sulfide) groups is 1. The van der Waals surface area contributed by atoms with Gasteiger partial charge in [0.05, 0.1) is 17.2 Å². The Balaban J connectivity index is 1.70. The van der Waals surface area contributed by atoms with Crippen molar-refractivity contribution in [2.45, 2.75) is 30.6 Å². The van der Waals surface area contributed by atoms with Crippen LogP contribution in [0.25, 0.3) is 0 Å². The number of carboxylic acid groups (broad SMARTS) is 1. The number of hydrogen-bond donors (Lipinski definition) is 1. The fourth-order valence-electron chi connectivity index (χ4n) is 1.79. The summed E-state index contributed by atoms with van der Waals surface area (Å²) in [6, 6.07) is 3.06. The van der Waals surface area contributed by atoms with Crippen LogP contribution in [0.3, 0.4) is 0 Å². The maximum atomic E-state index is 10.8. The van der Waals surface area contributed by atoms with Gasteiger partial charge in [-0.05, 0) is 31.4 Å². The quantitative estimate of drug-likeness (QED) is 0.638. The number of pyridine rings is 1. The summed E-state index contributed by atoms with van der Waals surface area (Å²) in [6.45, 7) is 1.36. The van der Waals surface area contributed by atoms with E-state index in [1.807, 2.05) is 0 Å². The summed E-state index contributed by atoms with van der Waals surface area (Å²) >= 11 is 1.49. The topological polar surface area (TPSA) is 68.7 Å². The van der Waals surface area contributed by atoms with E-state index in [9.17, 15) is 4.79 Å². The Kier molecular flexibility index (Phi) is 5.62. The lowest BCUT2D eigenvalue weighted by molar-refractivity contribution is -0.158. The Morgan fingerprint density at radius 1 is 1.58 bits per heavy atom. The fourth-order valence-corrected chi connectivity index (χ4v) is 2.52. The highest BCUT2D eigenvalue weighted by molar-refractivity contribution is 7.99. The standard InChI is InChI=1S/C13H17NO4S/c15-13(16)10-4-5-14-11(9-10)19-8-7-18-12-3-1-2-6-17-12/h4-5,9,12H,1-3,6-8H2,(H,15,16). The molecule has 1 aromatic heterocycles. The molecule has 0 bridgehead atoms.